The van der Waals surface area contributed by atoms with Crippen molar-refractivity contribution in [1.29, 1.82) is 0 Å². The minimum Gasteiger partial charge on any atom is -0.339 e. The quantitative estimate of drug-likeness (QED) is 0.526. The summed E-state index contributed by atoms with van der Waals surface area (Å²) in [5.41, 5.74) is 0.937. The number of piperidine rings is 1. The molecule has 25 heavy (non-hydrogen) atoms. The lowest BCUT2D eigenvalue weighted by atomic mass is 10.1. The second-order valence-corrected chi connectivity index (χ2v) is 8.29. The molecule has 0 radical (unpaired) electrons. The zero-order chi connectivity index (χ0) is 17.6. The molecular formula is C20H19BrClNOS. The van der Waals surface area contributed by atoms with E-state index in [1.54, 1.807) is 17.8 Å². The van der Waals surface area contributed by atoms with E-state index in [1.807, 2.05) is 47.4 Å². The van der Waals surface area contributed by atoms with Crippen molar-refractivity contribution in [3.05, 3.63) is 63.6 Å². The third-order valence-electron chi connectivity index (χ3n) is 4.10. The Bertz CT molecular complexity index is 787. The third kappa shape index (κ3) is 5.13. The highest BCUT2D eigenvalue weighted by Crippen LogP contribution is 2.37. The topological polar surface area (TPSA) is 20.3 Å². The van der Waals surface area contributed by atoms with E-state index in [2.05, 4.69) is 22.0 Å². The lowest BCUT2D eigenvalue weighted by Crippen LogP contribution is -2.34. The predicted octanol–water partition coefficient (Wildman–Crippen LogP) is 6.28. The second kappa shape index (κ2) is 8.93. The molecule has 1 fully saturated rings. The molecule has 1 aliphatic rings. The molecule has 0 spiro atoms. The van der Waals surface area contributed by atoms with Crippen LogP contribution in [-0.2, 0) is 4.79 Å². The van der Waals surface area contributed by atoms with E-state index in [-0.39, 0.29) is 5.91 Å². The van der Waals surface area contributed by atoms with E-state index in [0.29, 0.717) is 5.02 Å². The average molecular weight is 437 g/mol. The molecule has 0 N–H and O–H groups in total. The molecule has 0 aromatic heterocycles. The van der Waals surface area contributed by atoms with Gasteiger partial charge in [0.15, 0.2) is 0 Å². The van der Waals surface area contributed by atoms with Crippen molar-refractivity contribution in [2.75, 3.05) is 13.1 Å². The molecule has 5 heteroatoms. The van der Waals surface area contributed by atoms with Gasteiger partial charge in [-0.1, -0.05) is 41.6 Å². The molecule has 2 aromatic carbocycles. The fourth-order valence-electron chi connectivity index (χ4n) is 2.74. The summed E-state index contributed by atoms with van der Waals surface area (Å²) in [4.78, 5) is 16.2. The SMILES string of the molecule is O=C(/C=C/c1ccc(Sc2ccccc2Br)c(Cl)c1)N1CCCCC1. The summed E-state index contributed by atoms with van der Waals surface area (Å²) in [7, 11) is 0. The Labute approximate surface area is 166 Å². The van der Waals surface area contributed by atoms with Crippen LogP contribution in [0.5, 0.6) is 0 Å². The molecule has 0 saturated carbocycles. The van der Waals surface area contributed by atoms with Gasteiger partial charge in [-0.05, 0) is 71.1 Å². The minimum absolute atomic E-state index is 0.0856. The monoisotopic (exact) mass is 435 g/mol. The van der Waals surface area contributed by atoms with Crippen LogP contribution in [0.2, 0.25) is 5.02 Å². The van der Waals surface area contributed by atoms with E-state index in [4.69, 9.17) is 11.6 Å². The van der Waals surface area contributed by atoms with Crippen LogP contribution in [0.15, 0.2) is 62.8 Å². The summed E-state index contributed by atoms with van der Waals surface area (Å²) in [6, 6.07) is 14.0. The molecule has 1 amide bonds. The van der Waals surface area contributed by atoms with Crippen molar-refractivity contribution in [3.63, 3.8) is 0 Å². The molecule has 0 atom stereocenters. The first kappa shape index (κ1) is 18.6. The number of amides is 1. The highest BCUT2D eigenvalue weighted by molar-refractivity contribution is 9.10. The number of hydrogen-bond acceptors (Lipinski definition) is 2. The lowest BCUT2D eigenvalue weighted by Gasteiger charge is -2.25. The van der Waals surface area contributed by atoms with Crippen LogP contribution in [0, 0.1) is 0 Å². The number of rotatable bonds is 4. The van der Waals surface area contributed by atoms with Crippen LogP contribution in [-0.4, -0.2) is 23.9 Å². The molecule has 2 nitrogen and oxygen atoms in total. The van der Waals surface area contributed by atoms with Crippen molar-refractivity contribution in [2.45, 2.75) is 29.1 Å². The summed E-state index contributed by atoms with van der Waals surface area (Å²) in [6.45, 7) is 1.73. The molecule has 1 saturated heterocycles. The normalized spacial score (nSPS) is 14.9. The average Bonchev–Trinajstić information content (AvgIpc) is 2.64. The number of benzene rings is 2. The Kier molecular flexibility index (Phi) is 6.63. The van der Waals surface area contributed by atoms with Gasteiger partial charge in [-0.15, -0.1) is 0 Å². The summed E-state index contributed by atoms with van der Waals surface area (Å²) >= 11 is 11.6. The molecular weight excluding hydrogens is 418 g/mol. The fourth-order valence-corrected chi connectivity index (χ4v) is 4.41. The largest absolute Gasteiger partial charge is 0.339 e. The van der Waals surface area contributed by atoms with Gasteiger partial charge in [0.25, 0.3) is 0 Å². The molecule has 1 heterocycles. The van der Waals surface area contributed by atoms with Gasteiger partial charge in [-0.25, -0.2) is 0 Å². The first-order valence-electron chi connectivity index (χ1n) is 8.32. The number of likely N-dealkylation sites (tertiary alicyclic amines) is 1. The number of carbonyl (C=O) groups excluding carboxylic acids is 1. The highest BCUT2D eigenvalue weighted by Gasteiger charge is 2.13. The number of halogens is 2. The Morgan fingerprint density at radius 1 is 1.08 bits per heavy atom. The fraction of sp³-hybridized carbons (Fsp3) is 0.250. The van der Waals surface area contributed by atoms with Crippen molar-refractivity contribution < 1.29 is 4.79 Å². The molecule has 130 valence electrons. The van der Waals surface area contributed by atoms with Crippen molar-refractivity contribution in [1.82, 2.24) is 4.90 Å². The van der Waals surface area contributed by atoms with E-state index in [9.17, 15) is 4.79 Å². The van der Waals surface area contributed by atoms with Crippen molar-refractivity contribution >= 4 is 51.3 Å². The van der Waals surface area contributed by atoms with Gasteiger partial charge in [0, 0.05) is 33.4 Å². The number of carbonyl (C=O) groups is 1. The van der Waals surface area contributed by atoms with E-state index in [0.717, 1.165) is 45.8 Å². The molecule has 0 unspecified atom stereocenters. The van der Waals surface area contributed by atoms with Crippen LogP contribution >= 0.6 is 39.3 Å². The first-order valence-corrected chi connectivity index (χ1v) is 10.3. The van der Waals surface area contributed by atoms with Crippen LogP contribution in [0.3, 0.4) is 0 Å². The second-order valence-electron chi connectivity index (χ2n) is 5.94. The summed E-state index contributed by atoms with van der Waals surface area (Å²) in [5, 5.41) is 0.688. The summed E-state index contributed by atoms with van der Waals surface area (Å²) in [5.74, 6) is 0.0856. The molecule has 0 bridgehead atoms. The van der Waals surface area contributed by atoms with Gasteiger partial charge in [0.2, 0.25) is 5.91 Å². The molecule has 3 rings (SSSR count). The van der Waals surface area contributed by atoms with Gasteiger partial charge in [-0.2, -0.15) is 0 Å². The Morgan fingerprint density at radius 2 is 1.84 bits per heavy atom. The standard InChI is InChI=1S/C20H19BrClNOS/c21-16-6-2-3-7-18(16)25-19-10-8-15(14-17(19)22)9-11-20(24)23-12-4-1-5-13-23/h2-3,6-11,14H,1,4-5,12-13H2/b11-9+. The van der Waals surface area contributed by atoms with Crippen LogP contribution in [0.1, 0.15) is 24.8 Å². The van der Waals surface area contributed by atoms with Crippen molar-refractivity contribution in [3.8, 4) is 0 Å². The Hall–Kier alpha value is -1.23. The van der Waals surface area contributed by atoms with E-state index < -0.39 is 0 Å². The number of nitrogens with zero attached hydrogens (tertiary/aromatic N) is 1. The van der Waals surface area contributed by atoms with Crippen LogP contribution < -0.4 is 0 Å². The smallest absolute Gasteiger partial charge is 0.246 e. The maximum Gasteiger partial charge on any atom is 0.246 e. The molecule has 0 aliphatic carbocycles. The maximum absolute atomic E-state index is 12.2. The molecule has 2 aromatic rings. The first-order chi connectivity index (χ1) is 12.1. The number of hydrogen-bond donors (Lipinski definition) is 0. The zero-order valence-corrected chi connectivity index (χ0v) is 16.9. The van der Waals surface area contributed by atoms with Gasteiger partial charge in [0.1, 0.15) is 0 Å². The minimum atomic E-state index is 0.0856. The molecule has 1 aliphatic heterocycles. The van der Waals surface area contributed by atoms with Gasteiger partial charge < -0.3 is 4.90 Å². The van der Waals surface area contributed by atoms with Crippen molar-refractivity contribution in [2.24, 2.45) is 0 Å². The van der Waals surface area contributed by atoms with Gasteiger partial charge in [0.05, 0.1) is 5.02 Å². The van der Waals surface area contributed by atoms with Gasteiger partial charge in [-0.3, -0.25) is 4.79 Å². The van der Waals surface area contributed by atoms with Crippen LogP contribution in [0.4, 0.5) is 0 Å². The zero-order valence-electron chi connectivity index (χ0n) is 13.8. The van der Waals surface area contributed by atoms with E-state index >= 15 is 0 Å². The lowest BCUT2D eigenvalue weighted by molar-refractivity contribution is -0.126. The van der Waals surface area contributed by atoms with Gasteiger partial charge >= 0.3 is 0 Å². The predicted molar refractivity (Wildman–Crippen MR) is 109 cm³/mol. The summed E-state index contributed by atoms with van der Waals surface area (Å²) < 4.78 is 1.05. The third-order valence-corrected chi connectivity index (χ3v) is 6.63. The highest BCUT2D eigenvalue weighted by atomic mass is 79.9. The summed E-state index contributed by atoms with van der Waals surface area (Å²) in [6.07, 6.45) is 6.92. The Morgan fingerprint density at radius 3 is 2.56 bits per heavy atom. The Balaban J connectivity index is 1.68. The van der Waals surface area contributed by atoms with E-state index in [1.165, 1.54) is 6.42 Å². The maximum atomic E-state index is 12.2. The van der Waals surface area contributed by atoms with Crippen LogP contribution in [0.25, 0.3) is 6.08 Å².